The van der Waals surface area contributed by atoms with Gasteiger partial charge in [-0.25, -0.2) is 0 Å². The number of ketones is 1. The minimum Gasteiger partial charge on any atom is -0.507 e. The highest BCUT2D eigenvalue weighted by Crippen LogP contribution is 2.40. The molecule has 184 valence electrons. The number of hydrogen-bond donors (Lipinski definition) is 1. The van der Waals surface area contributed by atoms with E-state index in [1.807, 2.05) is 104 Å². The van der Waals surface area contributed by atoms with Crippen molar-refractivity contribution in [1.29, 1.82) is 0 Å². The van der Waals surface area contributed by atoms with Crippen LogP contribution in [0.2, 0.25) is 0 Å². The van der Waals surface area contributed by atoms with Crippen LogP contribution in [0.15, 0.2) is 115 Å². The number of aliphatic hydroxyl groups is 1. The third kappa shape index (κ3) is 5.16. The maximum Gasteiger partial charge on any atom is 0.295 e. The van der Waals surface area contributed by atoms with E-state index < -0.39 is 17.7 Å². The zero-order valence-electron chi connectivity index (χ0n) is 20.5. The number of ether oxygens (including phenoxy) is 1. The molecule has 1 aliphatic rings. The second-order valence-corrected chi connectivity index (χ2v) is 9.08. The average Bonchev–Trinajstić information content (AvgIpc) is 3.18. The number of carbonyl (C=O) groups excluding carboxylic acids is 2. The van der Waals surface area contributed by atoms with Crippen LogP contribution in [0, 0.1) is 6.92 Å². The first-order chi connectivity index (χ1) is 18.0. The fourth-order valence-corrected chi connectivity index (χ4v) is 4.59. The summed E-state index contributed by atoms with van der Waals surface area (Å²) in [6.45, 7) is 2.28. The topological polar surface area (TPSA) is 66.8 Å². The lowest BCUT2D eigenvalue weighted by atomic mass is 9.94. The maximum absolute atomic E-state index is 13.3. The van der Waals surface area contributed by atoms with Gasteiger partial charge in [0.1, 0.15) is 17.3 Å². The molecule has 1 N–H and O–H groups in total. The van der Waals surface area contributed by atoms with Crippen molar-refractivity contribution < 1.29 is 19.4 Å². The van der Waals surface area contributed by atoms with Crippen molar-refractivity contribution in [3.05, 3.63) is 137 Å². The highest BCUT2D eigenvalue weighted by molar-refractivity contribution is 6.46. The molecule has 0 radical (unpaired) electrons. The van der Waals surface area contributed by atoms with E-state index in [2.05, 4.69) is 0 Å². The molecule has 1 heterocycles. The molecule has 0 bridgehead atoms. The second-order valence-electron chi connectivity index (χ2n) is 9.08. The number of likely N-dealkylation sites (tertiary alicyclic amines) is 1. The van der Waals surface area contributed by atoms with Crippen LogP contribution in [0.25, 0.3) is 5.76 Å². The van der Waals surface area contributed by atoms with Gasteiger partial charge in [0.15, 0.2) is 0 Å². The van der Waals surface area contributed by atoms with E-state index in [1.54, 1.807) is 17.0 Å². The van der Waals surface area contributed by atoms with Crippen LogP contribution in [0.4, 0.5) is 0 Å². The van der Waals surface area contributed by atoms with Crippen molar-refractivity contribution in [2.75, 3.05) is 6.54 Å². The lowest BCUT2D eigenvalue weighted by Gasteiger charge is -2.26. The predicted molar refractivity (Wildman–Crippen MR) is 143 cm³/mol. The van der Waals surface area contributed by atoms with Crippen molar-refractivity contribution in [3.8, 4) is 11.5 Å². The number of para-hydroxylation sites is 1. The first kappa shape index (κ1) is 24.1. The third-order valence-corrected chi connectivity index (χ3v) is 6.50. The quantitative estimate of drug-likeness (QED) is 0.184. The highest BCUT2D eigenvalue weighted by Gasteiger charge is 2.46. The lowest BCUT2D eigenvalue weighted by molar-refractivity contribution is -0.139. The van der Waals surface area contributed by atoms with Gasteiger partial charge in [-0.05, 0) is 48.7 Å². The molecule has 5 nitrogen and oxygen atoms in total. The largest absolute Gasteiger partial charge is 0.507 e. The van der Waals surface area contributed by atoms with Gasteiger partial charge in [-0.1, -0.05) is 90.5 Å². The first-order valence-electron chi connectivity index (χ1n) is 12.2. The normalized spacial score (nSPS) is 16.7. The molecule has 4 aromatic carbocycles. The van der Waals surface area contributed by atoms with Crippen LogP contribution in [-0.4, -0.2) is 28.2 Å². The molecular formula is C32H27NO4. The maximum atomic E-state index is 13.3. The van der Waals surface area contributed by atoms with E-state index in [1.165, 1.54) is 0 Å². The molecule has 5 rings (SSSR count). The number of carbonyl (C=O) groups is 2. The number of nitrogens with zero attached hydrogens (tertiary/aromatic N) is 1. The summed E-state index contributed by atoms with van der Waals surface area (Å²) in [5, 5.41) is 11.3. The van der Waals surface area contributed by atoms with E-state index in [4.69, 9.17) is 4.74 Å². The molecule has 1 aliphatic heterocycles. The van der Waals surface area contributed by atoms with Crippen molar-refractivity contribution in [2.45, 2.75) is 19.4 Å². The zero-order chi connectivity index (χ0) is 25.8. The summed E-state index contributed by atoms with van der Waals surface area (Å²) in [5.74, 6) is -0.237. The standard InChI is InChI=1S/C32H27NO4/c1-22-15-17-24(18-16-22)30(34)28-29(25-11-8-14-27(21-25)37-26-12-6-3-7-13-26)33(32(36)31(28)35)20-19-23-9-4-2-5-10-23/h2-18,21,29,34H,19-20H2,1H3/b30-28+. The molecule has 1 atom stereocenters. The van der Waals surface area contributed by atoms with Crippen molar-refractivity contribution >= 4 is 17.4 Å². The van der Waals surface area contributed by atoms with Gasteiger partial charge in [-0.3, -0.25) is 9.59 Å². The predicted octanol–water partition coefficient (Wildman–Crippen LogP) is 6.45. The van der Waals surface area contributed by atoms with Crippen LogP contribution in [0.5, 0.6) is 11.5 Å². The number of Topliss-reactive ketones (excluding diaryl/α,β-unsaturated/α-hetero) is 1. The van der Waals surface area contributed by atoms with Gasteiger partial charge in [0.25, 0.3) is 11.7 Å². The van der Waals surface area contributed by atoms with Crippen molar-refractivity contribution in [1.82, 2.24) is 4.90 Å². The molecule has 0 saturated carbocycles. The summed E-state index contributed by atoms with van der Waals surface area (Å²) in [6, 6.07) is 33.1. The molecular weight excluding hydrogens is 462 g/mol. The Hall–Kier alpha value is -4.64. The monoisotopic (exact) mass is 489 g/mol. The van der Waals surface area contributed by atoms with Gasteiger partial charge in [-0.2, -0.15) is 0 Å². The van der Waals surface area contributed by atoms with Crippen molar-refractivity contribution in [3.63, 3.8) is 0 Å². The number of rotatable bonds is 7. The van der Waals surface area contributed by atoms with E-state index in [0.29, 0.717) is 35.6 Å². The minimum absolute atomic E-state index is 0.0822. The molecule has 0 spiro atoms. The third-order valence-electron chi connectivity index (χ3n) is 6.50. The second kappa shape index (κ2) is 10.5. The minimum atomic E-state index is -0.746. The van der Waals surface area contributed by atoms with Crippen LogP contribution in [0.1, 0.15) is 28.3 Å². The smallest absolute Gasteiger partial charge is 0.295 e. The summed E-state index contributed by atoms with van der Waals surface area (Å²) in [4.78, 5) is 28.2. The Labute approximate surface area is 216 Å². The van der Waals surface area contributed by atoms with Gasteiger partial charge in [0.05, 0.1) is 11.6 Å². The average molecular weight is 490 g/mol. The van der Waals surface area contributed by atoms with Gasteiger partial charge < -0.3 is 14.7 Å². The van der Waals surface area contributed by atoms with E-state index in [0.717, 1.165) is 11.1 Å². The van der Waals surface area contributed by atoms with Crippen LogP contribution >= 0.6 is 0 Å². The summed E-state index contributed by atoms with van der Waals surface area (Å²) < 4.78 is 6.02. The van der Waals surface area contributed by atoms with Crippen LogP contribution in [-0.2, 0) is 16.0 Å². The Morgan fingerprint density at radius 2 is 1.46 bits per heavy atom. The summed E-state index contributed by atoms with van der Waals surface area (Å²) >= 11 is 0. The lowest BCUT2D eigenvalue weighted by Crippen LogP contribution is -2.31. The van der Waals surface area contributed by atoms with E-state index in [-0.39, 0.29) is 11.3 Å². The first-order valence-corrected chi connectivity index (χ1v) is 12.2. The Kier molecular flexibility index (Phi) is 6.86. The molecule has 1 fully saturated rings. The Bertz CT molecular complexity index is 1440. The highest BCUT2D eigenvalue weighted by atomic mass is 16.5. The Balaban J connectivity index is 1.56. The Morgan fingerprint density at radius 1 is 0.811 bits per heavy atom. The Morgan fingerprint density at radius 3 is 2.16 bits per heavy atom. The van der Waals surface area contributed by atoms with Gasteiger partial charge in [0, 0.05) is 12.1 Å². The van der Waals surface area contributed by atoms with Crippen molar-refractivity contribution in [2.24, 2.45) is 0 Å². The number of amides is 1. The summed E-state index contributed by atoms with van der Waals surface area (Å²) in [7, 11) is 0. The molecule has 0 aliphatic carbocycles. The molecule has 1 saturated heterocycles. The number of aliphatic hydroxyl groups excluding tert-OH is 1. The fraction of sp³-hybridized carbons (Fsp3) is 0.125. The van der Waals surface area contributed by atoms with Gasteiger partial charge >= 0.3 is 0 Å². The zero-order valence-corrected chi connectivity index (χ0v) is 20.5. The van der Waals surface area contributed by atoms with Gasteiger partial charge in [0.2, 0.25) is 0 Å². The molecule has 1 unspecified atom stereocenters. The number of hydrogen-bond acceptors (Lipinski definition) is 4. The van der Waals surface area contributed by atoms with Gasteiger partial charge in [-0.15, -0.1) is 0 Å². The van der Waals surface area contributed by atoms with Crippen LogP contribution < -0.4 is 4.74 Å². The molecule has 1 amide bonds. The molecule has 37 heavy (non-hydrogen) atoms. The van der Waals surface area contributed by atoms with E-state index in [9.17, 15) is 14.7 Å². The van der Waals surface area contributed by atoms with E-state index >= 15 is 0 Å². The number of benzene rings is 4. The SMILES string of the molecule is Cc1ccc(/C(O)=C2\C(=O)C(=O)N(CCc3ccccc3)C2c2cccc(Oc3ccccc3)c2)cc1. The summed E-state index contributed by atoms with van der Waals surface area (Å²) in [6.07, 6.45) is 0.579. The summed E-state index contributed by atoms with van der Waals surface area (Å²) in [5.41, 5.74) is 3.35. The molecule has 4 aromatic rings. The molecule has 0 aromatic heterocycles. The number of aryl methyl sites for hydroxylation is 1. The van der Waals surface area contributed by atoms with Crippen LogP contribution in [0.3, 0.4) is 0 Å². The fourth-order valence-electron chi connectivity index (χ4n) is 4.59. The molecule has 5 heteroatoms.